The van der Waals surface area contributed by atoms with Crippen molar-refractivity contribution in [3.63, 3.8) is 0 Å². The first-order valence-corrected chi connectivity index (χ1v) is 6.93. The Morgan fingerprint density at radius 3 is 2.31 bits per heavy atom. The van der Waals surface area contributed by atoms with E-state index in [1.807, 2.05) is 0 Å². The lowest BCUT2D eigenvalue weighted by Gasteiger charge is -2.66. The number of rotatable bonds is 3. The van der Waals surface area contributed by atoms with Gasteiger partial charge in [-0.25, -0.2) is 0 Å². The molecule has 0 aromatic heterocycles. The summed E-state index contributed by atoms with van der Waals surface area (Å²) >= 11 is 0. The van der Waals surface area contributed by atoms with Crippen molar-refractivity contribution in [2.45, 2.75) is 51.9 Å². The van der Waals surface area contributed by atoms with Crippen molar-refractivity contribution in [1.82, 2.24) is 0 Å². The molecule has 0 unspecified atom stereocenters. The van der Waals surface area contributed by atoms with Gasteiger partial charge in [0.05, 0.1) is 0 Å². The van der Waals surface area contributed by atoms with Crippen LogP contribution in [0.4, 0.5) is 0 Å². The molecule has 0 radical (unpaired) electrons. The van der Waals surface area contributed by atoms with Crippen molar-refractivity contribution in [1.29, 1.82) is 0 Å². The van der Waals surface area contributed by atoms with Gasteiger partial charge in [-0.3, -0.25) is 0 Å². The van der Waals surface area contributed by atoms with Crippen LogP contribution in [0.5, 0.6) is 0 Å². The summed E-state index contributed by atoms with van der Waals surface area (Å²) in [6.45, 7) is 4.28. The van der Waals surface area contributed by atoms with Crippen LogP contribution >= 0.6 is 0 Å². The molecule has 2 heteroatoms. The fourth-order valence-electron chi connectivity index (χ4n) is 6.18. The smallest absolute Gasteiger partial charge is 0.00200 e. The van der Waals surface area contributed by atoms with Crippen LogP contribution in [-0.2, 0) is 0 Å². The van der Waals surface area contributed by atoms with E-state index in [0.717, 1.165) is 19.0 Å². The molecule has 0 amide bonds. The number of hydrogen-bond acceptors (Lipinski definition) is 2. The second-order valence-corrected chi connectivity index (χ2v) is 7.56. The molecule has 92 valence electrons. The summed E-state index contributed by atoms with van der Waals surface area (Å²) in [4.78, 5) is 0. The zero-order valence-corrected chi connectivity index (χ0v) is 10.6. The van der Waals surface area contributed by atoms with E-state index < -0.39 is 0 Å². The summed E-state index contributed by atoms with van der Waals surface area (Å²) in [6.07, 6.45) is 9.74. The third-order valence-corrected chi connectivity index (χ3v) is 5.69. The van der Waals surface area contributed by atoms with Gasteiger partial charge >= 0.3 is 0 Å². The fourth-order valence-corrected chi connectivity index (χ4v) is 6.18. The molecule has 2 nitrogen and oxygen atoms in total. The summed E-state index contributed by atoms with van der Waals surface area (Å²) in [6, 6.07) is 0. The van der Waals surface area contributed by atoms with E-state index in [0.29, 0.717) is 16.2 Å². The van der Waals surface area contributed by atoms with Gasteiger partial charge in [0.25, 0.3) is 0 Å². The van der Waals surface area contributed by atoms with Crippen LogP contribution in [0.3, 0.4) is 0 Å². The maximum Gasteiger partial charge on any atom is -0.00200 e. The summed E-state index contributed by atoms with van der Waals surface area (Å²) < 4.78 is 0. The van der Waals surface area contributed by atoms with E-state index in [1.54, 1.807) is 0 Å². The molecule has 4 rings (SSSR count). The molecule has 4 aliphatic rings. The minimum absolute atomic E-state index is 0.489. The standard InChI is InChI=1S/C14H26N2/c1-12-4-11-5-13(7-12,2-3-15)9-14(6-11,8-12)10-16/h11H,2-10,15-16H2,1H3/t11-,12+,13+,14-/m1/s1. The average molecular weight is 222 g/mol. The Hall–Kier alpha value is -0.0800. The van der Waals surface area contributed by atoms with Crippen molar-refractivity contribution >= 4 is 0 Å². The molecular formula is C14H26N2. The first-order valence-electron chi connectivity index (χ1n) is 6.93. The summed E-state index contributed by atoms with van der Waals surface area (Å²) in [5.41, 5.74) is 13.6. The van der Waals surface area contributed by atoms with Gasteiger partial charge in [-0.15, -0.1) is 0 Å². The molecule has 0 aromatic carbocycles. The number of hydrogen-bond donors (Lipinski definition) is 2. The highest BCUT2D eigenvalue weighted by atomic mass is 14.7. The Balaban J connectivity index is 1.95. The van der Waals surface area contributed by atoms with Crippen LogP contribution in [0.2, 0.25) is 0 Å². The van der Waals surface area contributed by atoms with Crippen molar-refractivity contribution in [2.24, 2.45) is 33.6 Å². The molecule has 0 saturated heterocycles. The molecule has 4 fully saturated rings. The van der Waals surface area contributed by atoms with Gasteiger partial charge in [0.15, 0.2) is 0 Å². The molecule has 4 aliphatic carbocycles. The molecular weight excluding hydrogens is 196 g/mol. The predicted molar refractivity (Wildman–Crippen MR) is 66.9 cm³/mol. The van der Waals surface area contributed by atoms with Crippen LogP contribution in [-0.4, -0.2) is 13.1 Å². The minimum atomic E-state index is 0.489. The Bertz CT molecular complexity index is 303. The molecule has 0 heterocycles. The summed E-state index contributed by atoms with van der Waals surface area (Å²) in [5, 5.41) is 0. The highest BCUT2D eigenvalue weighted by molar-refractivity contribution is 5.11. The summed E-state index contributed by atoms with van der Waals surface area (Å²) in [7, 11) is 0. The van der Waals surface area contributed by atoms with Crippen LogP contribution in [0, 0.1) is 22.2 Å². The van der Waals surface area contributed by atoms with Crippen LogP contribution in [0.15, 0.2) is 0 Å². The van der Waals surface area contributed by atoms with Crippen molar-refractivity contribution < 1.29 is 0 Å². The lowest BCUT2D eigenvalue weighted by atomic mass is 9.39. The quantitative estimate of drug-likeness (QED) is 0.769. The molecule has 4 atom stereocenters. The Morgan fingerprint density at radius 2 is 1.69 bits per heavy atom. The van der Waals surface area contributed by atoms with E-state index in [9.17, 15) is 0 Å². The molecule has 4 N–H and O–H groups in total. The van der Waals surface area contributed by atoms with Crippen LogP contribution < -0.4 is 11.5 Å². The normalized spacial score (nSPS) is 54.6. The zero-order chi connectivity index (χ0) is 11.4. The van der Waals surface area contributed by atoms with Gasteiger partial charge in [0, 0.05) is 0 Å². The first kappa shape index (κ1) is 11.0. The van der Waals surface area contributed by atoms with Gasteiger partial charge in [-0.2, -0.15) is 0 Å². The second-order valence-electron chi connectivity index (χ2n) is 7.56. The highest BCUT2D eigenvalue weighted by Crippen LogP contribution is 2.70. The molecule has 0 aromatic rings. The Labute approximate surface area is 99.1 Å². The van der Waals surface area contributed by atoms with E-state index in [2.05, 4.69) is 6.92 Å². The van der Waals surface area contributed by atoms with E-state index in [1.165, 1.54) is 44.9 Å². The predicted octanol–water partition coefficient (Wildman–Crippen LogP) is 2.27. The van der Waals surface area contributed by atoms with Crippen molar-refractivity contribution in [2.75, 3.05) is 13.1 Å². The lowest BCUT2D eigenvalue weighted by molar-refractivity contribution is -0.149. The van der Waals surface area contributed by atoms with Crippen molar-refractivity contribution in [3.8, 4) is 0 Å². The molecule has 4 saturated carbocycles. The first-order chi connectivity index (χ1) is 7.53. The van der Waals surface area contributed by atoms with E-state index >= 15 is 0 Å². The third-order valence-electron chi connectivity index (χ3n) is 5.69. The summed E-state index contributed by atoms with van der Waals surface area (Å²) in [5.74, 6) is 0.955. The topological polar surface area (TPSA) is 52.0 Å². The maximum absolute atomic E-state index is 6.11. The van der Waals surface area contributed by atoms with Gasteiger partial charge in [-0.05, 0) is 80.2 Å². The van der Waals surface area contributed by atoms with Gasteiger partial charge in [0.2, 0.25) is 0 Å². The third kappa shape index (κ3) is 1.46. The largest absolute Gasteiger partial charge is 0.330 e. The van der Waals surface area contributed by atoms with E-state index in [4.69, 9.17) is 11.5 Å². The molecule has 0 spiro atoms. The van der Waals surface area contributed by atoms with Crippen molar-refractivity contribution in [3.05, 3.63) is 0 Å². The molecule has 0 aliphatic heterocycles. The van der Waals surface area contributed by atoms with Gasteiger partial charge < -0.3 is 11.5 Å². The fraction of sp³-hybridized carbons (Fsp3) is 1.00. The van der Waals surface area contributed by atoms with Gasteiger partial charge in [0.1, 0.15) is 0 Å². The van der Waals surface area contributed by atoms with Crippen LogP contribution in [0.1, 0.15) is 51.9 Å². The minimum Gasteiger partial charge on any atom is -0.330 e. The van der Waals surface area contributed by atoms with Gasteiger partial charge in [-0.1, -0.05) is 6.92 Å². The van der Waals surface area contributed by atoms with Crippen LogP contribution in [0.25, 0.3) is 0 Å². The Kier molecular flexibility index (Phi) is 2.23. The molecule has 4 bridgehead atoms. The van der Waals surface area contributed by atoms with E-state index in [-0.39, 0.29) is 0 Å². The monoisotopic (exact) mass is 222 g/mol. The Morgan fingerprint density at radius 1 is 1.00 bits per heavy atom. The second kappa shape index (κ2) is 3.23. The lowest BCUT2D eigenvalue weighted by Crippen LogP contribution is -2.58. The SMILES string of the molecule is C[C@@]12C[C@H]3C[C@@](CN)(C1)C[C@@](CCN)(C3)C2. The molecule has 16 heavy (non-hydrogen) atoms. The maximum atomic E-state index is 6.11. The highest BCUT2D eigenvalue weighted by Gasteiger charge is 2.60. The number of nitrogens with two attached hydrogens (primary N) is 2. The zero-order valence-electron chi connectivity index (χ0n) is 10.6. The average Bonchev–Trinajstić information content (AvgIpc) is 2.13.